The van der Waals surface area contributed by atoms with Gasteiger partial charge < -0.3 is 9.64 Å². The summed E-state index contributed by atoms with van der Waals surface area (Å²) in [7, 11) is 0. The van der Waals surface area contributed by atoms with E-state index in [0.29, 0.717) is 19.2 Å². The van der Waals surface area contributed by atoms with Crippen LogP contribution in [0.2, 0.25) is 0 Å². The van der Waals surface area contributed by atoms with E-state index in [4.69, 9.17) is 4.74 Å². The number of fused-ring (bicyclic) bond motifs is 3. The van der Waals surface area contributed by atoms with Gasteiger partial charge in [0.05, 0.1) is 25.8 Å². The van der Waals surface area contributed by atoms with Crippen LogP contribution in [0.1, 0.15) is 5.69 Å². The van der Waals surface area contributed by atoms with Crippen LogP contribution in [0.4, 0.5) is 5.82 Å². The van der Waals surface area contributed by atoms with Crippen LogP contribution in [-0.4, -0.2) is 35.4 Å². The van der Waals surface area contributed by atoms with E-state index in [2.05, 4.69) is 9.88 Å². The predicted molar refractivity (Wildman–Crippen MR) is 55.2 cm³/mol. The zero-order chi connectivity index (χ0) is 10.4. The molecule has 2 aliphatic heterocycles. The highest BCUT2D eigenvalue weighted by molar-refractivity contribution is 5.45. The molecule has 0 amide bonds. The van der Waals surface area contributed by atoms with E-state index in [1.807, 2.05) is 13.0 Å². The van der Waals surface area contributed by atoms with E-state index in [1.165, 1.54) is 0 Å². The molecule has 1 aromatic rings. The molecule has 1 aromatic heterocycles. The largest absolute Gasteiger partial charge is 0.377 e. The van der Waals surface area contributed by atoms with Crippen molar-refractivity contribution in [3.05, 3.63) is 22.2 Å². The Labute approximate surface area is 87.3 Å². The number of aromatic nitrogens is 2. The summed E-state index contributed by atoms with van der Waals surface area (Å²) in [4.78, 5) is 17.9. The van der Waals surface area contributed by atoms with Crippen molar-refractivity contribution in [1.82, 2.24) is 9.55 Å². The lowest BCUT2D eigenvalue weighted by atomic mass is 10.2. The Morgan fingerprint density at radius 2 is 2.47 bits per heavy atom. The van der Waals surface area contributed by atoms with Crippen molar-refractivity contribution in [2.45, 2.75) is 19.5 Å². The molecule has 0 aromatic carbocycles. The Hall–Kier alpha value is -1.36. The third kappa shape index (κ3) is 1.26. The van der Waals surface area contributed by atoms with Crippen LogP contribution in [0, 0.1) is 6.92 Å². The van der Waals surface area contributed by atoms with Gasteiger partial charge in [-0.25, -0.2) is 4.79 Å². The van der Waals surface area contributed by atoms with Crippen LogP contribution in [-0.2, 0) is 11.3 Å². The molecule has 5 heteroatoms. The zero-order valence-corrected chi connectivity index (χ0v) is 8.64. The number of anilines is 1. The second kappa shape index (κ2) is 3.06. The standard InChI is InChI=1S/C10H13N3O2/c1-7-4-9-12-2-3-15-6-8(12)5-13(9)10(14)11-7/h4,8H,2-3,5-6H2,1H3/t8-/m0/s1. The average Bonchev–Trinajstić information content (AvgIpc) is 2.57. The van der Waals surface area contributed by atoms with Gasteiger partial charge in [-0.05, 0) is 6.92 Å². The minimum Gasteiger partial charge on any atom is -0.377 e. The summed E-state index contributed by atoms with van der Waals surface area (Å²) >= 11 is 0. The maximum atomic E-state index is 11.7. The van der Waals surface area contributed by atoms with E-state index in [9.17, 15) is 4.79 Å². The highest BCUT2D eigenvalue weighted by Gasteiger charge is 2.32. The maximum absolute atomic E-state index is 11.7. The molecule has 2 aliphatic rings. The molecule has 0 saturated carbocycles. The Bertz CT molecular complexity index is 454. The number of rotatable bonds is 0. The topological polar surface area (TPSA) is 47.4 Å². The van der Waals surface area contributed by atoms with Crippen molar-refractivity contribution in [3.63, 3.8) is 0 Å². The highest BCUT2D eigenvalue weighted by Crippen LogP contribution is 2.26. The lowest BCUT2D eigenvalue weighted by Gasteiger charge is -2.30. The zero-order valence-electron chi connectivity index (χ0n) is 8.64. The maximum Gasteiger partial charge on any atom is 0.349 e. The van der Waals surface area contributed by atoms with Crippen molar-refractivity contribution >= 4 is 5.82 Å². The third-order valence-corrected chi connectivity index (χ3v) is 3.03. The molecule has 15 heavy (non-hydrogen) atoms. The summed E-state index contributed by atoms with van der Waals surface area (Å²) in [5.74, 6) is 1.00. The summed E-state index contributed by atoms with van der Waals surface area (Å²) in [5.41, 5.74) is 0.651. The van der Waals surface area contributed by atoms with Crippen molar-refractivity contribution < 1.29 is 4.74 Å². The van der Waals surface area contributed by atoms with Gasteiger partial charge >= 0.3 is 5.69 Å². The van der Waals surface area contributed by atoms with Gasteiger partial charge in [0.2, 0.25) is 0 Å². The Morgan fingerprint density at radius 1 is 1.60 bits per heavy atom. The molecule has 1 fully saturated rings. The van der Waals surface area contributed by atoms with Gasteiger partial charge in [0.15, 0.2) is 0 Å². The van der Waals surface area contributed by atoms with E-state index in [0.717, 1.165) is 24.7 Å². The number of hydrogen-bond acceptors (Lipinski definition) is 4. The smallest absolute Gasteiger partial charge is 0.349 e. The molecule has 3 heterocycles. The molecule has 1 saturated heterocycles. The molecule has 0 N–H and O–H groups in total. The fourth-order valence-corrected chi connectivity index (χ4v) is 2.33. The summed E-state index contributed by atoms with van der Waals surface area (Å²) in [6.07, 6.45) is 0. The van der Waals surface area contributed by atoms with E-state index >= 15 is 0 Å². The van der Waals surface area contributed by atoms with Crippen LogP contribution in [0.25, 0.3) is 0 Å². The number of ether oxygens (including phenoxy) is 1. The molecule has 5 nitrogen and oxygen atoms in total. The quantitative estimate of drug-likeness (QED) is 0.589. The SMILES string of the molecule is Cc1cc2n(c(=O)n1)C[C@H]1COCCN21. The molecule has 0 spiro atoms. The van der Waals surface area contributed by atoms with E-state index < -0.39 is 0 Å². The monoisotopic (exact) mass is 207 g/mol. The minimum absolute atomic E-state index is 0.139. The first-order valence-electron chi connectivity index (χ1n) is 5.18. The number of hydrogen-bond donors (Lipinski definition) is 0. The molecular weight excluding hydrogens is 194 g/mol. The molecule has 0 bridgehead atoms. The normalized spacial score (nSPS) is 23.8. The first-order chi connectivity index (χ1) is 7.25. The number of nitrogens with zero attached hydrogens (tertiary/aromatic N) is 3. The minimum atomic E-state index is -0.139. The van der Waals surface area contributed by atoms with Crippen LogP contribution >= 0.6 is 0 Å². The second-order valence-corrected chi connectivity index (χ2v) is 4.07. The van der Waals surface area contributed by atoms with Crippen LogP contribution in [0.3, 0.4) is 0 Å². The van der Waals surface area contributed by atoms with Gasteiger partial charge in [-0.3, -0.25) is 4.57 Å². The van der Waals surface area contributed by atoms with Gasteiger partial charge in [0.1, 0.15) is 5.82 Å². The summed E-state index contributed by atoms with van der Waals surface area (Å²) in [6.45, 7) is 4.89. The first kappa shape index (κ1) is 8.91. The third-order valence-electron chi connectivity index (χ3n) is 3.03. The lowest BCUT2D eigenvalue weighted by Crippen LogP contribution is -2.43. The summed E-state index contributed by atoms with van der Waals surface area (Å²) in [6, 6.07) is 2.29. The molecule has 80 valence electrons. The Kier molecular flexibility index (Phi) is 1.82. The molecule has 0 aliphatic carbocycles. The van der Waals surface area contributed by atoms with Crippen LogP contribution < -0.4 is 10.6 Å². The van der Waals surface area contributed by atoms with E-state index in [1.54, 1.807) is 4.57 Å². The lowest BCUT2D eigenvalue weighted by molar-refractivity contribution is 0.0956. The van der Waals surface area contributed by atoms with Gasteiger partial charge in [-0.15, -0.1) is 0 Å². The predicted octanol–water partition coefficient (Wildman–Crippen LogP) is -0.229. The van der Waals surface area contributed by atoms with Gasteiger partial charge in [-0.2, -0.15) is 4.98 Å². The first-order valence-corrected chi connectivity index (χ1v) is 5.18. The van der Waals surface area contributed by atoms with E-state index in [-0.39, 0.29) is 5.69 Å². The second-order valence-electron chi connectivity index (χ2n) is 4.07. The summed E-state index contributed by atoms with van der Waals surface area (Å²) in [5, 5.41) is 0. The Morgan fingerprint density at radius 3 is 3.33 bits per heavy atom. The van der Waals surface area contributed by atoms with Crippen molar-refractivity contribution in [3.8, 4) is 0 Å². The fourth-order valence-electron chi connectivity index (χ4n) is 2.33. The fraction of sp³-hybridized carbons (Fsp3) is 0.600. The van der Waals surface area contributed by atoms with Gasteiger partial charge in [0.25, 0.3) is 0 Å². The van der Waals surface area contributed by atoms with Crippen molar-refractivity contribution in [2.24, 2.45) is 0 Å². The van der Waals surface area contributed by atoms with Crippen LogP contribution in [0.5, 0.6) is 0 Å². The van der Waals surface area contributed by atoms with Crippen molar-refractivity contribution in [1.29, 1.82) is 0 Å². The number of aryl methyl sites for hydroxylation is 1. The molecule has 0 radical (unpaired) electrons. The molecule has 0 unspecified atom stereocenters. The molecule has 1 atom stereocenters. The number of morpholine rings is 1. The highest BCUT2D eigenvalue weighted by atomic mass is 16.5. The van der Waals surface area contributed by atoms with Crippen LogP contribution in [0.15, 0.2) is 10.9 Å². The van der Waals surface area contributed by atoms with Gasteiger partial charge in [-0.1, -0.05) is 0 Å². The summed E-state index contributed by atoms with van der Waals surface area (Å²) < 4.78 is 7.15. The molecular formula is C10H13N3O2. The van der Waals surface area contributed by atoms with Gasteiger partial charge in [0, 0.05) is 18.3 Å². The average molecular weight is 207 g/mol. The Balaban J connectivity index is 2.12. The molecule has 3 rings (SSSR count). The van der Waals surface area contributed by atoms with Crippen molar-refractivity contribution in [2.75, 3.05) is 24.7 Å².